The number of hydrogen-bond acceptors (Lipinski definition) is 3. The normalized spacial score (nSPS) is 16.5. The maximum absolute atomic E-state index is 13.1. The van der Waals surface area contributed by atoms with Crippen LogP contribution in [-0.2, 0) is 4.74 Å². The zero-order valence-electron chi connectivity index (χ0n) is 14.8. The highest BCUT2D eigenvalue weighted by molar-refractivity contribution is 5.98. The zero-order chi connectivity index (χ0) is 18.1. The monoisotopic (exact) mass is 344 g/mol. The lowest BCUT2D eigenvalue weighted by Crippen LogP contribution is -2.14. The standard InChI is InChI=1S/C20H25FN2O2/c1-3-16(9-10-17-6-5-12-22-15(17)2)11-13-25-20(24)23-19-8-4-7-18(21)14-19/h3-4,7-8,10,14H,5-6,9,11-13H2,1-2H3,(H,23,24)/b16-3?,17-10-. The molecule has 0 bridgehead atoms. The summed E-state index contributed by atoms with van der Waals surface area (Å²) in [5.74, 6) is -0.399. The van der Waals surface area contributed by atoms with E-state index in [0.29, 0.717) is 12.1 Å². The molecule has 1 amide bonds. The summed E-state index contributed by atoms with van der Waals surface area (Å²) in [6.07, 6.45) is 7.41. The number of rotatable bonds is 6. The maximum atomic E-state index is 13.1. The van der Waals surface area contributed by atoms with Gasteiger partial charge in [-0.2, -0.15) is 0 Å². The predicted octanol–water partition coefficient (Wildman–Crippen LogP) is 5.28. The topological polar surface area (TPSA) is 50.7 Å². The van der Waals surface area contributed by atoms with Crippen molar-refractivity contribution in [2.75, 3.05) is 18.5 Å². The number of benzene rings is 1. The molecule has 4 nitrogen and oxygen atoms in total. The van der Waals surface area contributed by atoms with Crippen LogP contribution in [-0.4, -0.2) is 25.0 Å². The number of amides is 1. The third-order valence-electron chi connectivity index (χ3n) is 4.16. The van der Waals surface area contributed by atoms with Gasteiger partial charge in [0.05, 0.1) is 6.61 Å². The molecule has 1 aliphatic heterocycles. The van der Waals surface area contributed by atoms with Gasteiger partial charge in [0, 0.05) is 24.4 Å². The second-order valence-corrected chi connectivity index (χ2v) is 5.97. The van der Waals surface area contributed by atoms with Crippen LogP contribution in [0.1, 0.15) is 39.5 Å². The molecule has 1 N–H and O–H groups in total. The van der Waals surface area contributed by atoms with Gasteiger partial charge in [0.15, 0.2) is 0 Å². The van der Waals surface area contributed by atoms with Gasteiger partial charge in [-0.3, -0.25) is 10.3 Å². The molecule has 134 valence electrons. The van der Waals surface area contributed by atoms with Crippen molar-refractivity contribution in [3.8, 4) is 0 Å². The van der Waals surface area contributed by atoms with Crippen LogP contribution in [0.5, 0.6) is 0 Å². The number of hydrogen-bond donors (Lipinski definition) is 1. The maximum Gasteiger partial charge on any atom is 0.411 e. The molecule has 0 aromatic heterocycles. The molecule has 2 rings (SSSR count). The van der Waals surface area contributed by atoms with E-state index in [2.05, 4.69) is 29.4 Å². The van der Waals surface area contributed by atoms with Crippen LogP contribution in [0.25, 0.3) is 0 Å². The Labute approximate surface area is 148 Å². The third-order valence-corrected chi connectivity index (χ3v) is 4.16. The molecule has 1 heterocycles. The highest BCUT2D eigenvalue weighted by atomic mass is 19.1. The summed E-state index contributed by atoms with van der Waals surface area (Å²) in [6, 6.07) is 5.72. The van der Waals surface area contributed by atoms with Crippen LogP contribution < -0.4 is 5.32 Å². The van der Waals surface area contributed by atoms with Crippen LogP contribution in [0, 0.1) is 5.82 Å². The minimum atomic E-state index is -0.574. The minimum Gasteiger partial charge on any atom is -0.449 e. The molecule has 0 spiro atoms. The van der Waals surface area contributed by atoms with Crippen LogP contribution >= 0.6 is 0 Å². The van der Waals surface area contributed by atoms with E-state index in [9.17, 15) is 9.18 Å². The van der Waals surface area contributed by atoms with E-state index in [1.165, 1.54) is 29.3 Å². The Bertz CT molecular complexity index is 693. The Kier molecular flexibility index (Phi) is 7.38. The quantitative estimate of drug-likeness (QED) is 0.714. The van der Waals surface area contributed by atoms with Gasteiger partial charge < -0.3 is 4.74 Å². The van der Waals surface area contributed by atoms with Gasteiger partial charge in [-0.25, -0.2) is 9.18 Å². The third kappa shape index (κ3) is 6.53. The van der Waals surface area contributed by atoms with E-state index in [1.807, 2.05) is 6.92 Å². The second-order valence-electron chi connectivity index (χ2n) is 5.97. The summed E-state index contributed by atoms with van der Waals surface area (Å²) < 4.78 is 18.2. The number of nitrogens with one attached hydrogen (secondary N) is 1. The van der Waals surface area contributed by atoms with Crippen molar-refractivity contribution in [3.63, 3.8) is 0 Å². The first-order chi connectivity index (χ1) is 12.1. The lowest BCUT2D eigenvalue weighted by atomic mass is 9.99. The molecule has 0 saturated heterocycles. The average molecular weight is 344 g/mol. The fraction of sp³-hybridized carbons (Fsp3) is 0.400. The van der Waals surface area contributed by atoms with E-state index < -0.39 is 11.9 Å². The second kappa shape index (κ2) is 9.77. The van der Waals surface area contributed by atoms with Gasteiger partial charge in [0.2, 0.25) is 0 Å². The molecule has 1 aromatic carbocycles. The molecular weight excluding hydrogens is 319 g/mol. The summed E-state index contributed by atoms with van der Waals surface area (Å²) in [5.41, 5.74) is 4.04. The molecule has 25 heavy (non-hydrogen) atoms. The molecule has 0 fully saturated rings. The molecular formula is C20H25FN2O2. The first-order valence-electron chi connectivity index (χ1n) is 8.62. The fourth-order valence-corrected chi connectivity index (χ4v) is 2.66. The Morgan fingerprint density at radius 3 is 3.00 bits per heavy atom. The number of nitrogens with zero attached hydrogens (tertiary/aromatic N) is 1. The van der Waals surface area contributed by atoms with Gasteiger partial charge in [-0.1, -0.05) is 23.8 Å². The number of aliphatic imine (C=N–C) groups is 1. The van der Waals surface area contributed by atoms with Gasteiger partial charge in [-0.05, 0) is 56.9 Å². The van der Waals surface area contributed by atoms with E-state index in [0.717, 1.165) is 31.5 Å². The summed E-state index contributed by atoms with van der Waals surface area (Å²) in [6.45, 7) is 5.26. The number of carbonyl (C=O) groups excluding carboxylic acids is 1. The van der Waals surface area contributed by atoms with Crippen LogP contribution in [0.2, 0.25) is 0 Å². The Morgan fingerprint density at radius 2 is 2.28 bits per heavy atom. The molecule has 0 radical (unpaired) electrons. The van der Waals surface area contributed by atoms with Crippen LogP contribution in [0.15, 0.2) is 52.6 Å². The van der Waals surface area contributed by atoms with E-state index in [1.54, 1.807) is 6.07 Å². The number of carbonyl (C=O) groups is 1. The van der Waals surface area contributed by atoms with Crippen molar-refractivity contribution in [2.24, 2.45) is 4.99 Å². The fourth-order valence-electron chi connectivity index (χ4n) is 2.66. The molecule has 0 atom stereocenters. The number of allylic oxidation sites excluding steroid dienone is 3. The minimum absolute atomic E-state index is 0.289. The largest absolute Gasteiger partial charge is 0.449 e. The lowest BCUT2D eigenvalue weighted by molar-refractivity contribution is 0.163. The van der Waals surface area contributed by atoms with Gasteiger partial charge in [-0.15, -0.1) is 0 Å². The smallest absolute Gasteiger partial charge is 0.411 e. The van der Waals surface area contributed by atoms with Gasteiger partial charge in [0.1, 0.15) is 5.82 Å². The molecule has 1 aliphatic rings. The van der Waals surface area contributed by atoms with Crippen LogP contribution in [0.4, 0.5) is 14.9 Å². The lowest BCUT2D eigenvalue weighted by Gasteiger charge is -2.13. The summed E-state index contributed by atoms with van der Waals surface area (Å²) in [5, 5.41) is 2.52. The molecule has 1 aromatic rings. The predicted molar refractivity (Wildman–Crippen MR) is 99.7 cm³/mol. The summed E-state index contributed by atoms with van der Waals surface area (Å²) >= 11 is 0. The number of ether oxygens (including phenoxy) is 1. The van der Waals surface area contributed by atoms with E-state index in [-0.39, 0.29) is 6.61 Å². The Hall–Kier alpha value is -2.43. The Balaban J connectivity index is 1.75. The highest BCUT2D eigenvalue weighted by Crippen LogP contribution is 2.17. The first kappa shape index (κ1) is 18.9. The van der Waals surface area contributed by atoms with Crippen molar-refractivity contribution in [1.82, 2.24) is 0 Å². The van der Waals surface area contributed by atoms with Crippen molar-refractivity contribution >= 4 is 17.5 Å². The van der Waals surface area contributed by atoms with E-state index >= 15 is 0 Å². The van der Waals surface area contributed by atoms with Crippen molar-refractivity contribution < 1.29 is 13.9 Å². The zero-order valence-corrected chi connectivity index (χ0v) is 14.8. The SMILES string of the molecule is CC=C(C/C=C1/CCCN=C1C)CCOC(=O)Nc1cccc(F)c1. The van der Waals surface area contributed by atoms with Crippen molar-refractivity contribution in [3.05, 3.63) is 53.4 Å². The molecule has 5 heteroatoms. The molecule has 0 unspecified atom stereocenters. The summed E-state index contributed by atoms with van der Waals surface area (Å²) in [7, 11) is 0. The number of halogens is 1. The highest BCUT2D eigenvalue weighted by Gasteiger charge is 2.08. The van der Waals surface area contributed by atoms with Gasteiger partial charge >= 0.3 is 6.09 Å². The average Bonchev–Trinajstić information content (AvgIpc) is 2.59. The van der Waals surface area contributed by atoms with Gasteiger partial charge in [0.25, 0.3) is 0 Å². The number of anilines is 1. The van der Waals surface area contributed by atoms with Crippen LogP contribution in [0.3, 0.4) is 0 Å². The van der Waals surface area contributed by atoms with E-state index in [4.69, 9.17) is 4.74 Å². The van der Waals surface area contributed by atoms with Crippen molar-refractivity contribution in [1.29, 1.82) is 0 Å². The molecule has 0 saturated carbocycles. The van der Waals surface area contributed by atoms with Crippen molar-refractivity contribution in [2.45, 2.75) is 39.5 Å². The Morgan fingerprint density at radius 1 is 1.44 bits per heavy atom. The first-order valence-corrected chi connectivity index (χ1v) is 8.62. The summed E-state index contributed by atoms with van der Waals surface area (Å²) in [4.78, 5) is 16.2. The molecule has 0 aliphatic carbocycles.